The summed E-state index contributed by atoms with van der Waals surface area (Å²) in [5, 5.41) is 24.1. The van der Waals surface area contributed by atoms with Crippen molar-refractivity contribution in [1.82, 2.24) is 5.32 Å². The van der Waals surface area contributed by atoms with Crippen molar-refractivity contribution in [3.63, 3.8) is 0 Å². The number of oxime groups is 1. The molecule has 0 radical (unpaired) electrons. The minimum Gasteiger partial charge on any atom is -0.481 e. The van der Waals surface area contributed by atoms with E-state index in [-0.39, 0.29) is 13.2 Å². The van der Waals surface area contributed by atoms with Crippen LogP contribution in [0, 0.1) is 0 Å². The number of ether oxygens (including phenoxy) is 1. The summed E-state index contributed by atoms with van der Waals surface area (Å²) in [5.41, 5.74) is 0.149. The molecule has 1 aromatic carbocycles. The molecule has 0 aliphatic heterocycles. The second kappa shape index (κ2) is 12.8. The molecule has 0 aromatic heterocycles. The maximum Gasteiger partial charge on any atom is 0.416 e. The molecule has 0 fully saturated rings. The normalized spacial score (nSPS) is 13.1. The van der Waals surface area contributed by atoms with Crippen LogP contribution < -0.4 is 5.32 Å². The molecule has 0 heterocycles. The number of carboxylic acid groups (broad SMARTS) is 2. The lowest BCUT2D eigenvalue weighted by Crippen LogP contribution is -2.40. The Balaban J connectivity index is 2.71. The predicted octanol–water partition coefficient (Wildman–Crippen LogP) is 2.76. The van der Waals surface area contributed by atoms with Gasteiger partial charge >= 0.3 is 18.1 Å². The SMILES string of the molecule is COCCCC/C(=N/OCCN[C@H](CC(=O)O)C(=O)O)c1ccc(C(F)(F)F)cc1. The van der Waals surface area contributed by atoms with Gasteiger partial charge in [-0.2, -0.15) is 13.2 Å². The van der Waals surface area contributed by atoms with Crippen LogP contribution in [0.3, 0.4) is 0 Å². The Kier molecular flexibility index (Phi) is 10.8. The van der Waals surface area contributed by atoms with Crippen molar-refractivity contribution >= 4 is 17.7 Å². The van der Waals surface area contributed by atoms with Gasteiger partial charge in [0.25, 0.3) is 0 Å². The van der Waals surface area contributed by atoms with E-state index in [0.717, 1.165) is 18.6 Å². The minimum absolute atomic E-state index is 0.0255. The summed E-state index contributed by atoms with van der Waals surface area (Å²) in [6.45, 7) is 0.508. The highest BCUT2D eigenvalue weighted by Crippen LogP contribution is 2.29. The van der Waals surface area contributed by atoms with Gasteiger partial charge in [-0.15, -0.1) is 0 Å². The van der Waals surface area contributed by atoms with E-state index in [4.69, 9.17) is 19.8 Å². The molecule has 1 atom stereocenters. The first-order valence-electron chi connectivity index (χ1n) is 9.18. The zero-order valence-electron chi connectivity index (χ0n) is 16.4. The van der Waals surface area contributed by atoms with E-state index < -0.39 is 36.1 Å². The van der Waals surface area contributed by atoms with Crippen LogP contribution in [0.25, 0.3) is 0 Å². The highest BCUT2D eigenvalue weighted by Gasteiger charge is 2.30. The van der Waals surface area contributed by atoms with Gasteiger partial charge in [-0.3, -0.25) is 9.59 Å². The van der Waals surface area contributed by atoms with E-state index in [2.05, 4.69) is 10.5 Å². The van der Waals surface area contributed by atoms with Crippen LogP contribution in [-0.2, 0) is 25.3 Å². The highest BCUT2D eigenvalue weighted by atomic mass is 19.4. The van der Waals surface area contributed by atoms with Crippen molar-refractivity contribution in [2.75, 3.05) is 26.9 Å². The first-order chi connectivity index (χ1) is 14.1. The number of unbranched alkanes of at least 4 members (excludes halogenated alkanes) is 1. The number of hydrogen-bond acceptors (Lipinski definition) is 6. The van der Waals surface area contributed by atoms with Gasteiger partial charge in [0, 0.05) is 20.3 Å². The lowest BCUT2D eigenvalue weighted by atomic mass is 10.0. The van der Waals surface area contributed by atoms with Crippen LogP contribution in [0.1, 0.15) is 36.8 Å². The third kappa shape index (κ3) is 9.70. The number of nitrogens with zero attached hydrogens (tertiary/aromatic N) is 1. The third-order valence-corrected chi connectivity index (χ3v) is 3.99. The van der Waals surface area contributed by atoms with E-state index in [1.807, 2.05) is 0 Å². The first-order valence-corrected chi connectivity index (χ1v) is 9.18. The fourth-order valence-electron chi connectivity index (χ4n) is 2.46. The largest absolute Gasteiger partial charge is 0.481 e. The van der Waals surface area contributed by atoms with E-state index in [1.165, 1.54) is 12.1 Å². The molecule has 3 N–H and O–H groups in total. The number of carboxylic acids is 2. The van der Waals surface area contributed by atoms with Crippen molar-refractivity contribution < 1.29 is 42.5 Å². The minimum atomic E-state index is -4.44. The predicted molar refractivity (Wildman–Crippen MR) is 101 cm³/mol. The summed E-state index contributed by atoms with van der Waals surface area (Å²) in [7, 11) is 1.57. The van der Waals surface area contributed by atoms with Crippen molar-refractivity contribution in [2.24, 2.45) is 5.16 Å². The number of methoxy groups -OCH3 is 1. The van der Waals surface area contributed by atoms with E-state index >= 15 is 0 Å². The molecule has 0 aliphatic carbocycles. The molecule has 1 aromatic rings. The molecule has 0 saturated carbocycles. The summed E-state index contributed by atoms with van der Waals surface area (Å²) >= 11 is 0. The van der Waals surface area contributed by atoms with Gasteiger partial charge in [-0.05, 0) is 37.0 Å². The molecular weight excluding hydrogens is 409 g/mol. The van der Waals surface area contributed by atoms with Gasteiger partial charge in [0.1, 0.15) is 12.6 Å². The quantitative estimate of drug-likeness (QED) is 0.234. The van der Waals surface area contributed by atoms with Crippen LogP contribution in [0.15, 0.2) is 29.4 Å². The smallest absolute Gasteiger partial charge is 0.416 e. The number of nitrogens with one attached hydrogen (secondary N) is 1. The van der Waals surface area contributed by atoms with Gasteiger partial charge in [-0.1, -0.05) is 17.3 Å². The molecule has 0 spiro atoms. The molecule has 30 heavy (non-hydrogen) atoms. The fraction of sp³-hybridized carbons (Fsp3) is 0.526. The first kappa shape index (κ1) is 25.4. The second-order valence-corrected chi connectivity index (χ2v) is 6.34. The number of aliphatic carboxylic acids is 2. The van der Waals surface area contributed by atoms with E-state index in [0.29, 0.717) is 30.7 Å². The molecule has 0 unspecified atom stereocenters. The molecule has 0 amide bonds. The van der Waals surface area contributed by atoms with Gasteiger partial charge in [0.05, 0.1) is 17.7 Å². The fourth-order valence-corrected chi connectivity index (χ4v) is 2.46. The van der Waals surface area contributed by atoms with Gasteiger partial charge in [-0.25, -0.2) is 0 Å². The average Bonchev–Trinajstić information content (AvgIpc) is 2.67. The monoisotopic (exact) mass is 434 g/mol. The lowest BCUT2D eigenvalue weighted by molar-refractivity contribution is -0.146. The number of hydrogen-bond donors (Lipinski definition) is 3. The maximum atomic E-state index is 12.7. The van der Waals surface area contributed by atoms with Gasteiger partial charge < -0.3 is 25.1 Å². The Labute approximate surface area is 171 Å². The lowest BCUT2D eigenvalue weighted by Gasteiger charge is -2.12. The van der Waals surface area contributed by atoms with Crippen molar-refractivity contribution in [3.05, 3.63) is 35.4 Å². The van der Waals surface area contributed by atoms with Crippen LogP contribution in [0.4, 0.5) is 13.2 Å². The summed E-state index contributed by atoms with van der Waals surface area (Å²) in [5.74, 6) is -2.56. The summed E-state index contributed by atoms with van der Waals surface area (Å²) in [6, 6.07) is 3.29. The molecule has 168 valence electrons. The summed E-state index contributed by atoms with van der Waals surface area (Å²) in [6.07, 6.45) is -3.18. The molecule has 8 nitrogen and oxygen atoms in total. The Morgan fingerprint density at radius 1 is 1.13 bits per heavy atom. The molecule has 0 saturated heterocycles. The molecule has 11 heteroatoms. The van der Waals surface area contributed by atoms with Crippen LogP contribution in [-0.4, -0.2) is 60.8 Å². The standard InChI is InChI=1S/C19H25F3N2O6/c1-29-10-3-2-4-15(13-5-7-14(8-6-13)19(20,21)22)24-30-11-9-23-16(18(27)28)12-17(25)26/h5-8,16,23H,2-4,9-12H2,1H3,(H,25,26)(H,27,28)/b24-15-/t16-/m1/s1. The Hall–Kier alpha value is -2.66. The third-order valence-electron chi connectivity index (χ3n) is 3.99. The highest BCUT2D eigenvalue weighted by molar-refractivity contribution is 6.00. The number of halogens is 3. The van der Waals surface area contributed by atoms with E-state index in [1.54, 1.807) is 7.11 Å². The topological polar surface area (TPSA) is 117 Å². The van der Waals surface area contributed by atoms with Crippen molar-refractivity contribution in [2.45, 2.75) is 37.9 Å². The molecule has 0 aliphatic rings. The number of benzene rings is 1. The zero-order valence-corrected chi connectivity index (χ0v) is 16.4. The number of rotatable bonds is 14. The zero-order chi connectivity index (χ0) is 22.6. The van der Waals surface area contributed by atoms with Crippen molar-refractivity contribution in [1.29, 1.82) is 0 Å². The van der Waals surface area contributed by atoms with Crippen LogP contribution >= 0.6 is 0 Å². The van der Waals surface area contributed by atoms with E-state index in [9.17, 15) is 22.8 Å². The molecular formula is C19H25F3N2O6. The van der Waals surface area contributed by atoms with Gasteiger partial charge in [0.2, 0.25) is 0 Å². The summed E-state index contributed by atoms with van der Waals surface area (Å²) in [4.78, 5) is 26.8. The number of alkyl halides is 3. The molecule has 0 bridgehead atoms. The van der Waals surface area contributed by atoms with Gasteiger partial charge in [0.15, 0.2) is 0 Å². The van der Waals surface area contributed by atoms with Crippen LogP contribution in [0.2, 0.25) is 0 Å². The molecule has 1 rings (SSSR count). The Morgan fingerprint density at radius 3 is 2.33 bits per heavy atom. The van der Waals surface area contributed by atoms with Crippen molar-refractivity contribution in [3.8, 4) is 0 Å². The Bertz CT molecular complexity index is 707. The average molecular weight is 434 g/mol. The maximum absolute atomic E-state index is 12.7. The second-order valence-electron chi connectivity index (χ2n) is 6.34. The van der Waals surface area contributed by atoms with Crippen LogP contribution in [0.5, 0.6) is 0 Å². The number of carbonyl (C=O) groups is 2. The Morgan fingerprint density at radius 2 is 1.80 bits per heavy atom. The summed E-state index contributed by atoms with van der Waals surface area (Å²) < 4.78 is 43.2.